The molecule has 6 nitrogen and oxygen atoms in total. The van der Waals surface area contributed by atoms with Crippen LogP contribution in [0.15, 0.2) is 77.9 Å². The lowest BCUT2D eigenvalue weighted by atomic mass is 9.98. The number of rotatable bonds is 6. The summed E-state index contributed by atoms with van der Waals surface area (Å²) in [5.74, 6) is -0.519. The van der Waals surface area contributed by atoms with Gasteiger partial charge in [-0.15, -0.1) is 0 Å². The maximum absolute atomic E-state index is 13.1. The van der Waals surface area contributed by atoms with Crippen LogP contribution in [0.2, 0.25) is 10.0 Å². The largest absolute Gasteiger partial charge is 0.497 e. The van der Waals surface area contributed by atoms with Crippen molar-refractivity contribution in [3.63, 3.8) is 0 Å². The number of esters is 1. The Kier molecular flexibility index (Phi) is 6.96. The summed E-state index contributed by atoms with van der Waals surface area (Å²) < 4.78 is 10.5. The van der Waals surface area contributed by atoms with Crippen LogP contribution in [0.25, 0.3) is 0 Å². The molecule has 0 aromatic heterocycles. The number of hydrogen-bond acceptors (Lipinski definition) is 5. The van der Waals surface area contributed by atoms with Crippen LogP contribution < -0.4 is 4.74 Å². The lowest BCUT2D eigenvalue weighted by Gasteiger charge is -2.22. The van der Waals surface area contributed by atoms with Crippen LogP contribution in [-0.2, 0) is 9.53 Å². The molecule has 1 aliphatic rings. The SMILES string of the molecule is COc1ccc([C@H]2CC(c3ccccc3)=NN2C(=O)COC(=O)c2c(Cl)cccc2Cl)cc1. The van der Waals surface area contributed by atoms with Crippen LogP contribution in [0.1, 0.15) is 33.9 Å². The Balaban J connectivity index is 1.56. The molecule has 0 fully saturated rings. The minimum atomic E-state index is -0.772. The van der Waals surface area contributed by atoms with Gasteiger partial charge in [-0.1, -0.05) is 71.7 Å². The Labute approximate surface area is 201 Å². The summed E-state index contributed by atoms with van der Waals surface area (Å²) in [7, 11) is 1.59. The molecule has 168 valence electrons. The average molecular weight is 483 g/mol. The Hall–Kier alpha value is -3.35. The third kappa shape index (κ3) is 5.02. The number of hydrogen-bond donors (Lipinski definition) is 0. The van der Waals surface area contributed by atoms with Crippen molar-refractivity contribution in [3.8, 4) is 5.75 Å². The standard InChI is InChI=1S/C25H20Cl2N2O4/c1-32-18-12-10-17(11-13-18)22-14-21(16-6-3-2-4-7-16)28-29(22)23(30)15-33-25(31)24-19(26)8-5-9-20(24)27/h2-13,22H,14-15H2,1H3/t22-/m1/s1. The Morgan fingerprint density at radius 3 is 2.27 bits per heavy atom. The highest BCUT2D eigenvalue weighted by Gasteiger charge is 2.33. The monoisotopic (exact) mass is 482 g/mol. The van der Waals surface area contributed by atoms with Gasteiger partial charge in [0.1, 0.15) is 5.75 Å². The molecule has 1 aliphatic heterocycles. The molecule has 0 N–H and O–H groups in total. The van der Waals surface area contributed by atoms with Gasteiger partial charge in [0.15, 0.2) is 6.61 Å². The van der Waals surface area contributed by atoms with Crippen molar-refractivity contribution in [3.05, 3.63) is 99.5 Å². The van der Waals surface area contributed by atoms with Gasteiger partial charge < -0.3 is 9.47 Å². The van der Waals surface area contributed by atoms with Crippen LogP contribution in [0.4, 0.5) is 0 Å². The van der Waals surface area contributed by atoms with E-state index in [0.29, 0.717) is 12.2 Å². The minimum Gasteiger partial charge on any atom is -0.497 e. The van der Waals surface area contributed by atoms with E-state index in [1.165, 1.54) is 17.1 Å². The van der Waals surface area contributed by atoms with Crippen molar-refractivity contribution in [1.29, 1.82) is 0 Å². The topological polar surface area (TPSA) is 68.2 Å². The molecule has 0 bridgehead atoms. The van der Waals surface area contributed by atoms with E-state index in [0.717, 1.165) is 16.8 Å². The number of carbonyl (C=O) groups excluding carboxylic acids is 2. The molecule has 1 amide bonds. The summed E-state index contributed by atoms with van der Waals surface area (Å²) in [6, 6.07) is 21.4. The number of hydrazone groups is 1. The second-order valence-electron chi connectivity index (χ2n) is 7.32. The molecule has 1 atom stereocenters. The highest BCUT2D eigenvalue weighted by molar-refractivity contribution is 6.39. The lowest BCUT2D eigenvalue weighted by molar-refractivity contribution is -0.136. The molecule has 8 heteroatoms. The second-order valence-corrected chi connectivity index (χ2v) is 8.13. The van der Waals surface area contributed by atoms with E-state index in [2.05, 4.69) is 5.10 Å². The highest BCUT2D eigenvalue weighted by Crippen LogP contribution is 2.34. The molecule has 0 unspecified atom stereocenters. The maximum Gasteiger partial charge on any atom is 0.341 e. The van der Waals surface area contributed by atoms with Gasteiger partial charge in [0, 0.05) is 6.42 Å². The molecule has 0 saturated heterocycles. The van der Waals surface area contributed by atoms with Crippen LogP contribution in [-0.4, -0.2) is 36.3 Å². The van der Waals surface area contributed by atoms with E-state index >= 15 is 0 Å². The number of halogens is 2. The van der Waals surface area contributed by atoms with E-state index in [-0.39, 0.29) is 21.7 Å². The van der Waals surface area contributed by atoms with Crippen LogP contribution >= 0.6 is 23.2 Å². The summed E-state index contributed by atoms with van der Waals surface area (Å²) in [6.07, 6.45) is 0.520. The van der Waals surface area contributed by atoms with Crippen LogP contribution in [0.3, 0.4) is 0 Å². The fourth-order valence-corrected chi connectivity index (χ4v) is 4.14. The van der Waals surface area contributed by atoms with Crippen LogP contribution in [0, 0.1) is 0 Å². The lowest BCUT2D eigenvalue weighted by Crippen LogP contribution is -2.31. The zero-order chi connectivity index (χ0) is 23.4. The highest BCUT2D eigenvalue weighted by atomic mass is 35.5. The molecule has 0 saturated carbocycles. The fourth-order valence-electron chi connectivity index (χ4n) is 3.59. The second kappa shape index (κ2) is 10.1. The zero-order valence-corrected chi connectivity index (χ0v) is 19.2. The smallest absolute Gasteiger partial charge is 0.341 e. The summed E-state index contributed by atoms with van der Waals surface area (Å²) >= 11 is 12.1. The van der Waals surface area contributed by atoms with Gasteiger partial charge in [-0.3, -0.25) is 4.79 Å². The molecular formula is C25H20Cl2N2O4. The van der Waals surface area contributed by atoms with Gasteiger partial charge in [0.2, 0.25) is 0 Å². The molecule has 33 heavy (non-hydrogen) atoms. The van der Waals surface area contributed by atoms with E-state index in [1.807, 2.05) is 54.6 Å². The van der Waals surface area contributed by atoms with E-state index in [4.69, 9.17) is 32.7 Å². The van der Waals surface area contributed by atoms with Gasteiger partial charge in [-0.2, -0.15) is 5.10 Å². The summed E-state index contributed by atoms with van der Waals surface area (Å²) in [6.45, 7) is -0.501. The summed E-state index contributed by atoms with van der Waals surface area (Å²) in [5, 5.41) is 6.25. The van der Waals surface area contributed by atoms with Crippen molar-refractivity contribution in [2.75, 3.05) is 13.7 Å². The van der Waals surface area contributed by atoms with Crippen LogP contribution in [0.5, 0.6) is 5.75 Å². The first-order valence-corrected chi connectivity index (χ1v) is 10.9. The zero-order valence-electron chi connectivity index (χ0n) is 17.7. The average Bonchev–Trinajstić information content (AvgIpc) is 3.29. The number of methoxy groups -OCH3 is 1. The predicted molar refractivity (Wildman–Crippen MR) is 127 cm³/mol. The normalized spacial score (nSPS) is 15.2. The number of carbonyl (C=O) groups is 2. The molecule has 3 aromatic rings. The first-order chi connectivity index (χ1) is 16.0. The van der Waals surface area contributed by atoms with Gasteiger partial charge >= 0.3 is 5.97 Å². The van der Waals surface area contributed by atoms with Gasteiger partial charge in [0.25, 0.3) is 5.91 Å². The van der Waals surface area contributed by atoms with Crippen molar-refractivity contribution < 1.29 is 19.1 Å². The van der Waals surface area contributed by atoms with Gasteiger partial charge in [-0.05, 0) is 35.4 Å². The third-order valence-electron chi connectivity index (χ3n) is 5.27. The van der Waals surface area contributed by atoms with Crippen molar-refractivity contribution >= 4 is 40.8 Å². The quantitative estimate of drug-likeness (QED) is 0.432. The molecule has 0 spiro atoms. The molecule has 0 radical (unpaired) electrons. The maximum atomic E-state index is 13.1. The molecular weight excluding hydrogens is 463 g/mol. The minimum absolute atomic E-state index is 0.0234. The van der Waals surface area contributed by atoms with E-state index < -0.39 is 18.5 Å². The van der Waals surface area contributed by atoms with Gasteiger partial charge in [0.05, 0.1) is 34.5 Å². The predicted octanol–water partition coefficient (Wildman–Crippen LogP) is 5.54. The Morgan fingerprint density at radius 1 is 0.970 bits per heavy atom. The van der Waals surface area contributed by atoms with Crippen molar-refractivity contribution in [2.45, 2.75) is 12.5 Å². The van der Waals surface area contributed by atoms with Crippen molar-refractivity contribution in [1.82, 2.24) is 5.01 Å². The molecule has 3 aromatic carbocycles. The Bertz CT molecular complexity index is 1180. The summed E-state index contributed by atoms with van der Waals surface area (Å²) in [5.41, 5.74) is 2.60. The first kappa shape index (κ1) is 22.8. The first-order valence-electron chi connectivity index (χ1n) is 10.2. The fraction of sp³-hybridized carbons (Fsp3) is 0.160. The van der Waals surface area contributed by atoms with Gasteiger partial charge in [-0.25, -0.2) is 9.80 Å². The number of nitrogens with zero attached hydrogens (tertiary/aromatic N) is 2. The van der Waals surface area contributed by atoms with E-state index in [9.17, 15) is 9.59 Å². The third-order valence-corrected chi connectivity index (χ3v) is 5.90. The van der Waals surface area contributed by atoms with E-state index in [1.54, 1.807) is 13.2 Å². The molecule has 0 aliphatic carbocycles. The van der Waals surface area contributed by atoms with Crippen molar-refractivity contribution in [2.24, 2.45) is 5.10 Å². The number of ether oxygens (including phenoxy) is 2. The Morgan fingerprint density at radius 2 is 1.64 bits per heavy atom. The number of amides is 1. The molecule has 1 heterocycles. The summed E-state index contributed by atoms with van der Waals surface area (Å²) in [4.78, 5) is 25.6. The number of benzene rings is 3. The molecule has 4 rings (SSSR count).